The highest BCUT2D eigenvalue weighted by Crippen LogP contribution is 2.18. The highest BCUT2D eigenvalue weighted by molar-refractivity contribution is 8.14. The van der Waals surface area contributed by atoms with Crippen LogP contribution in [0, 0.1) is 5.82 Å². The summed E-state index contributed by atoms with van der Waals surface area (Å²) in [5.74, 6) is 0.700. The Morgan fingerprint density at radius 2 is 2.04 bits per heavy atom. The van der Waals surface area contributed by atoms with Gasteiger partial charge in [0.15, 0.2) is 11.0 Å². The first-order valence-corrected chi connectivity index (χ1v) is 8.19. The van der Waals surface area contributed by atoms with Crippen LogP contribution in [-0.4, -0.2) is 26.3 Å². The molecule has 0 fully saturated rings. The number of nitrogens with zero attached hydrogens (tertiary/aromatic N) is 3. The van der Waals surface area contributed by atoms with E-state index in [1.165, 1.54) is 28.5 Å². The molecule has 120 valence electrons. The van der Waals surface area contributed by atoms with Crippen LogP contribution in [0.15, 0.2) is 63.5 Å². The van der Waals surface area contributed by atoms with Gasteiger partial charge in [-0.15, -0.1) is 10.2 Å². The summed E-state index contributed by atoms with van der Waals surface area (Å²) in [6.45, 7) is 0. The summed E-state index contributed by atoms with van der Waals surface area (Å²) >= 11 is 1.40. The number of amidine groups is 1. The molecule has 2 aromatic carbocycles. The lowest BCUT2D eigenvalue weighted by Gasteiger charge is -2.14. The number of para-hydroxylation sites is 2. The lowest BCUT2D eigenvalue weighted by Crippen LogP contribution is -2.29. The minimum Gasteiger partial charge on any atom is -0.333 e. The number of imidazole rings is 1. The molecule has 2 heterocycles. The largest absolute Gasteiger partial charge is 0.333 e. The van der Waals surface area contributed by atoms with Gasteiger partial charge in [0.1, 0.15) is 5.82 Å². The molecule has 3 aromatic rings. The third kappa shape index (κ3) is 2.71. The van der Waals surface area contributed by atoms with Crippen molar-refractivity contribution in [2.45, 2.75) is 0 Å². The van der Waals surface area contributed by atoms with Gasteiger partial charge in [-0.1, -0.05) is 30.0 Å². The molecule has 0 radical (unpaired) electrons. The van der Waals surface area contributed by atoms with E-state index in [0.717, 1.165) is 11.0 Å². The number of fused-ring (bicyclic) bond motifs is 1. The number of hydrogen-bond acceptors (Lipinski definition) is 5. The summed E-state index contributed by atoms with van der Waals surface area (Å²) in [5, 5.41) is 11.8. The number of nitrogens with one attached hydrogen (secondary N) is 2. The Balaban J connectivity index is 1.64. The molecule has 0 unspecified atom stereocenters. The van der Waals surface area contributed by atoms with E-state index in [4.69, 9.17) is 0 Å². The van der Waals surface area contributed by atoms with E-state index in [9.17, 15) is 9.18 Å². The third-order valence-electron chi connectivity index (χ3n) is 3.52. The van der Waals surface area contributed by atoms with Crippen LogP contribution in [-0.2, 0) is 0 Å². The van der Waals surface area contributed by atoms with Gasteiger partial charge in [-0.2, -0.15) is 0 Å². The van der Waals surface area contributed by atoms with E-state index in [0.29, 0.717) is 22.4 Å². The summed E-state index contributed by atoms with van der Waals surface area (Å²) < 4.78 is 14.7. The molecule has 2 N–H and O–H groups in total. The van der Waals surface area contributed by atoms with Crippen molar-refractivity contribution in [2.75, 3.05) is 11.1 Å². The van der Waals surface area contributed by atoms with E-state index in [1.807, 2.05) is 24.3 Å². The number of halogens is 1. The SMILES string of the molecule is O=c1[nH]c2ccccc2n1C1=NN=C(Nc2cccc(F)c2)SC1. The first kappa shape index (κ1) is 14.7. The molecule has 1 aromatic heterocycles. The number of thioether (sulfide) groups is 1. The maximum atomic E-state index is 13.2. The van der Waals surface area contributed by atoms with Gasteiger partial charge >= 0.3 is 5.69 Å². The van der Waals surface area contributed by atoms with Crippen LogP contribution in [0.4, 0.5) is 10.1 Å². The number of hydrogen-bond donors (Lipinski definition) is 2. The highest BCUT2D eigenvalue weighted by atomic mass is 32.2. The summed E-state index contributed by atoms with van der Waals surface area (Å²) in [6, 6.07) is 13.5. The fourth-order valence-corrected chi connectivity index (χ4v) is 3.21. The van der Waals surface area contributed by atoms with Crippen LogP contribution in [0.2, 0.25) is 0 Å². The molecule has 0 aliphatic carbocycles. The van der Waals surface area contributed by atoms with E-state index in [1.54, 1.807) is 12.1 Å². The molecule has 0 saturated heterocycles. The normalized spacial score (nSPS) is 14.4. The smallest absolute Gasteiger partial charge is 0.332 e. The third-order valence-corrected chi connectivity index (χ3v) is 4.38. The van der Waals surface area contributed by atoms with Crippen molar-refractivity contribution in [3.63, 3.8) is 0 Å². The zero-order chi connectivity index (χ0) is 16.5. The standard InChI is InChI=1S/C16H12FN5OS/c17-10-4-3-5-11(8-10)18-15-21-20-14(9-24-15)22-13-7-2-1-6-12(13)19-16(22)23/h1-8H,9H2,(H,18,21)(H,19,23). The van der Waals surface area contributed by atoms with Crippen LogP contribution >= 0.6 is 11.8 Å². The molecule has 0 bridgehead atoms. The fourth-order valence-electron chi connectivity index (χ4n) is 2.46. The van der Waals surface area contributed by atoms with Crippen molar-refractivity contribution in [3.05, 3.63) is 64.8 Å². The van der Waals surface area contributed by atoms with Crippen LogP contribution in [0.5, 0.6) is 0 Å². The number of aromatic nitrogens is 2. The Morgan fingerprint density at radius 3 is 2.83 bits per heavy atom. The molecular weight excluding hydrogens is 329 g/mol. The maximum absolute atomic E-state index is 13.2. The van der Waals surface area contributed by atoms with Crippen molar-refractivity contribution in [2.24, 2.45) is 10.2 Å². The van der Waals surface area contributed by atoms with Gasteiger partial charge in [-0.25, -0.2) is 13.8 Å². The van der Waals surface area contributed by atoms with Crippen molar-refractivity contribution < 1.29 is 4.39 Å². The van der Waals surface area contributed by atoms with Crippen molar-refractivity contribution in [3.8, 4) is 0 Å². The van der Waals surface area contributed by atoms with E-state index >= 15 is 0 Å². The minimum absolute atomic E-state index is 0.243. The summed E-state index contributed by atoms with van der Waals surface area (Å²) in [5.41, 5.74) is 1.87. The van der Waals surface area contributed by atoms with Crippen molar-refractivity contribution >= 4 is 39.5 Å². The lowest BCUT2D eigenvalue weighted by atomic mass is 10.3. The Bertz CT molecular complexity index is 1040. The van der Waals surface area contributed by atoms with Gasteiger partial charge in [0.2, 0.25) is 0 Å². The number of anilines is 1. The van der Waals surface area contributed by atoms with Crippen LogP contribution in [0.25, 0.3) is 11.0 Å². The Hall–Kier alpha value is -2.87. The minimum atomic E-state index is -0.323. The number of aromatic amines is 1. The molecule has 24 heavy (non-hydrogen) atoms. The van der Waals surface area contributed by atoms with Crippen LogP contribution < -0.4 is 11.0 Å². The molecule has 0 spiro atoms. The predicted molar refractivity (Wildman–Crippen MR) is 95.3 cm³/mol. The zero-order valence-electron chi connectivity index (χ0n) is 12.4. The molecule has 1 aliphatic heterocycles. The zero-order valence-corrected chi connectivity index (χ0v) is 13.2. The predicted octanol–water partition coefficient (Wildman–Crippen LogP) is 2.85. The topological polar surface area (TPSA) is 74.5 Å². The van der Waals surface area contributed by atoms with Gasteiger partial charge in [0.25, 0.3) is 0 Å². The maximum Gasteiger partial charge on any atom is 0.332 e. The lowest BCUT2D eigenvalue weighted by molar-refractivity contribution is 0.628. The van der Waals surface area contributed by atoms with Gasteiger partial charge in [0.05, 0.1) is 16.8 Å². The Morgan fingerprint density at radius 1 is 1.17 bits per heavy atom. The monoisotopic (exact) mass is 341 g/mol. The Kier molecular flexibility index (Phi) is 3.66. The average molecular weight is 341 g/mol. The molecular formula is C16H12FN5OS. The highest BCUT2D eigenvalue weighted by Gasteiger charge is 2.17. The molecule has 4 rings (SSSR count). The fraction of sp³-hybridized carbons (Fsp3) is 0.0625. The van der Waals surface area contributed by atoms with Gasteiger partial charge in [-0.3, -0.25) is 0 Å². The van der Waals surface area contributed by atoms with E-state index in [-0.39, 0.29) is 11.5 Å². The number of rotatable bonds is 1. The first-order valence-electron chi connectivity index (χ1n) is 7.21. The van der Waals surface area contributed by atoms with Gasteiger partial charge in [0, 0.05) is 5.69 Å². The number of benzene rings is 2. The summed E-state index contributed by atoms with van der Waals surface area (Å²) in [4.78, 5) is 15.0. The van der Waals surface area contributed by atoms with E-state index < -0.39 is 0 Å². The molecule has 8 heteroatoms. The second-order valence-corrected chi connectivity index (χ2v) is 6.09. The molecule has 0 amide bonds. The van der Waals surface area contributed by atoms with Crippen LogP contribution in [0.1, 0.15) is 0 Å². The molecule has 1 aliphatic rings. The number of H-pyrrole nitrogens is 1. The second-order valence-electron chi connectivity index (χ2n) is 5.13. The molecule has 6 nitrogen and oxygen atoms in total. The summed E-state index contributed by atoms with van der Waals surface area (Å²) in [7, 11) is 0. The molecule has 0 saturated carbocycles. The average Bonchev–Trinajstić information content (AvgIpc) is 2.91. The molecule has 0 atom stereocenters. The summed E-state index contributed by atoms with van der Waals surface area (Å²) in [6.07, 6.45) is 0. The van der Waals surface area contributed by atoms with Gasteiger partial charge in [-0.05, 0) is 30.3 Å². The van der Waals surface area contributed by atoms with Crippen molar-refractivity contribution in [1.82, 2.24) is 9.55 Å². The second kappa shape index (κ2) is 5.97. The quantitative estimate of drug-likeness (QED) is 0.715. The van der Waals surface area contributed by atoms with Gasteiger partial charge < -0.3 is 10.3 Å². The van der Waals surface area contributed by atoms with Crippen LogP contribution in [0.3, 0.4) is 0 Å². The van der Waals surface area contributed by atoms with Crippen molar-refractivity contribution in [1.29, 1.82) is 0 Å². The van der Waals surface area contributed by atoms with E-state index in [2.05, 4.69) is 20.5 Å². The first-order chi connectivity index (χ1) is 11.7. The Labute approximate surface area is 140 Å².